The van der Waals surface area contributed by atoms with Crippen LogP contribution in [0, 0.1) is 13.8 Å². The number of methoxy groups -OCH3 is 1. The molecular formula is C23H23N3O3. The van der Waals surface area contributed by atoms with Crippen LogP contribution >= 0.6 is 0 Å². The van der Waals surface area contributed by atoms with E-state index < -0.39 is 5.97 Å². The molecule has 0 aliphatic heterocycles. The van der Waals surface area contributed by atoms with Crippen molar-refractivity contribution in [1.82, 2.24) is 9.99 Å². The van der Waals surface area contributed by atoms with E-state index in [1.54, 1.807) is 18.3 Å². The monoisotopic (exact) mass is 389 g/mol. The van der Waals surface area contributed by atoms with Gasteiger partial charge in [0.15, 0.2) is 0 Å². The molecule has 29 heavy (non-hydrogen) atoms. The van der Waals surface area contributed by atoms with Crippen LogP contribution in [0.2, 0.25) is 0 Å². The summed E-state index contributed by atoms with van der Waals surface area (Å²) >= 11 is 0. The molecule has 0 bridgehead atoms. The lowest BCUT2D eigenvalue weighted by Crippen LogP contribution is -2.19. The number of ether oxygens (including phenoxy) is 1. The van der Waals surface area contributed by atoms with E-state index >= 15 is 0 Å². The van der Waals surface area contributed by atoms with Crippen LogP contribution in [0.15, 0.2) is 65.8 Å². The Bertz CT molecular complexity index is 1050. The lowest BCUT2D eigenvalue weighted by atomic mass is 10.1. The first kappa shape index (κ1) is 20.1. The smallest absolute Gasteiger partial charge is 0.339 e. The number of aryl methyl sites for hydroxylation is 1. The third-order valence-corrected chi connectivity index (χ3v) is 4.62. The Labute approximate surface area is 169 Å². The summed E-state index contributed by atoms with van der Waals surface area (Å²) in [6.45, 7) is 3.89. The summed E-state index contributed by atoms with van der Waals surface area (Å²) in [7, 11) is 1.37. The molecule has 2 aromatic carbocycles. The number of esters is 1. The van der Waals surface area contributed by atoms with Crippen molar-refractivity contribution in [3.8, 4) is 5.69 Å². The van der Waals surface area contributed by atoms with E-state index in [-0.39, 0.29) is 12.3 Å². The van der Waals surface area contributed by atoms with Gasteiger partial charge in [-0.25, -0.2) is 10.2 Å². The third kappa shape index (κ3) is 4.60. The van der Waals surface area contributed by atoms with Crippen LogP contribution in [0.1, 0.15) is 32.9 Å². The minimum atomic E-state index is -0.392. The average Bonchev–Trinajstić information content (AvgIpc) is 3.01. The van der Waals surface area contributed by atoms with Crippen molar-refractivity contribution in [2.75, 3.05) is 7.11 Å². The molecule has 3 aromatic rings. The van der Waals surface area contributed by atoms with Gasteiger partial charge < -0.3 is 9.30 Å². The van der Waals surface area contributed by atoms with Gasteiger partial charge in [-0.1, -0.05) is 42.5 Å². The predicted octanol–water partition coefficient (Wildman–Crippen LogP) is 3.57. The number of para-hydroxylation sites is 1. The molecule has 0 fully saturated rings. The first-order valence-electron chi connectivity index (χ1n) is 9.23. The lowest BCUT2D eigenvalue weighted by Gasteiger charge is -2.13. The first-order chi connectivity index (χ1) is 14.0. The minimum Gasteiger partial charge on any atom is -0.465 e. The summed E-state index contributed by atoms with van der Waals surface area (Å²) in [6, 6.07) is 18.7. The topological polar surface area (TPSA) is 72.7 Å². The number of aromatic nitrogens is 1. The molecule has 0 atom stereocenters. The van der Waals surface area contributed by atoms with Crippen molar-refractivity contribution in [3.63, 3.8) is 0 Å². The predicted molar refractivity (Wildman–Crippen MR) is 112 cm³/mol. The first-order valence-corrected chi connectivity index (χ1v) is 9.23. The minimum absolute atomic E-state index is 0.183. The standard InChI is InChI=1S/C23H23N3O3/c1-16-13-19(15-24-25-22(27)14-18-9-5-4-6-10-18)17(2)26(16)21-12-8-7-11-20(21)23(28)29-3/h4-13,15H,14H2,1-3H3,(H,25,27)/b24-15-. The Kier molecular flexibility index (Phi) is 6.24. The molecule has 0 unspecified atom stereocenters. The fourth-order valence-electron chi connectivity index (χ4n) is 3.23. The van der Waals surface area contributed by atoms with Crippen LogP contribution in [0.3, 0.4) is 0 Å². The zero-order chi connectivity index (χ0) is 20.8. The van der Waals surface area contributed by atoms with Crippen molar-refractivity contribution in [1.29, 1.82) is 0 Å². The van der Waals surface area contributed by atoms with Crippen LogP contribution in [0.4, 0.5) is 0 Å². The van der Waals surface area contributed by atoms with Crippen molar-refractivity contribution in [3.05, 3.63) is 88.7 Å². The Morgan fingerprint density at radius 1 is 1.07 bits per heavy atom. The molecule has 0 aliphatic rings. The summed E-state index contributed by atoms with van der Waals surface area (Å²) in [6.07, 6.45) is 1.88. The molecule has 1 heterocycles. The second-order valence-corrected chi connectivity index (χ2v) is 6.63. The number of benzene rings is 2. The largest absolute Gasteiger partial charge is 0.465 e. The van der Waals surface area contributed by atoms with Crippen LogP contribution in [-0.4, -0.2) is 29.8 Å². The summed E-state index contributed by atoms with van der Waals surface area (Å²) < 4.78 is 6.87. The second kappa shape index (κ2) is 9.01. The quantitative estimate of drug-likeness (QED) is 0.398. The van der Waals surface area contributed by atoms with Crippen molar-refractivity contribution >= 4 is 18.1 Å². The maximum atomic E-state index is 12.1. The Hall–Kier alpha value is -3.67. The van der Waals surface area contributed by atoms with Crippen molar-refractivity contribution in [2.24, 2.45) is 5.10 Å². The molecular weight excluding hydrogens is 366 g/mol. The fourth-order valence-corrected chi connectivity index (χ4v) is 3.23. The summed E-state index contributed by atoms with van der Waals surface area (Å²) in [5.74, 6) is -0.575. The van der Waals surface area contributed by atoms with E-state index in [0.29, 0.717) is 5.56 Å². The maximum Gasteiger partial charge on any atom is 0.339 e. The van der Waals surface area contributed by atoms with Gasteiger partial charge in [0.2, 0.25) is 5.91 Å². The van der Waals surface area contributed by atoms with Gasteiger partial charge in [-0.15, -0.1) is 0 Å². The number of rotatable bonds is 6. The third-order valence-electron chi connectivity index (χ3n) is 4.62. The van der Waals surface area contributed by atoms with E-state index in [9.17, 15) is 9.59 Å². The molecule has 6 nitrogen and oxygen atoms in total. The molecule has 0 aliphatic carbocycles. The summed E-state index contributed by atoms with van der Waals surface area (Å²) in [5, 5.41) is 4.09. The van der Waals surface area contributed by atoms with Gasteiger partial charge in [0, 0.05) is 17.0 Å². The molecule has 3 rings (SSSR count). The maximum absolute atomic E-state index is 12.1. The highest BCUT2D eigenvalue weighted by Crippen LogP contribution is 2.23. The number of amides is 1. The molecule has 1 aromatic heterocycles. The van der Waals surface area contributed by atoms with Gasteiger partial charge in [-0.05, 0) is 37.6 Å². The van der Waals surface area contributed by atoms with E-state index in [2.05, 4.69) is 10.5 Å². The molecule has 0 saturated heterocycles. The Morgan fingerprint density at radius 2 is 1.76 bits per heavy atom. The highest BCUT2D eigenvalue weighted by atomic mass is 16.5. The van der Waals surface area contributed by atoms with E-state index in [4.69, 9.17) is 4.74 Å². The zero-order valence-corrected chi connectivity index (χ0v) is 16.7. The number of carbonyl (C=O) groups is 2. The highest BCUT2D eigenvalue weighted by Gasteiger charge is 2.17. The van der Waals surface area contributed by atoms with Crippen LogP contribution < -0.4 is 5.43 Å². The van der Waals surface area contributed by atoms with Gasteiger partial charge >= 0.3 is 5.97 Å². The van der Waals surface area contributed by atoms with E-state index in [0.717, 1.165) is 28.2 Å². The number of nitrogens with zero attached hydrogens (tertiary/aromatic N) is 2. The summed E-state index contributed by atoms with van der Waals surface area (Å²) in [4.78, 5) is 24.2. The SMILES string of the molecule is COC(=O)c1ccccc1-n1c(C)cc(/C=N\NC(=O)Cc2ccccc2)c1C. The molecule has 0 spiro atoms. The Balaban J connectivity index is 1.79. The van der Waals surface area contributed by atoms with Gasteiger partial charge in [0.25, 0.3) is 0 Å². The normalized spacial score (nSPS) is 10.9. The lowest BCUT2D eigenvalue weighted by molar-refractivity contribution is -0.120. The van der Waals surface area contributed by atoms with Gasteiger partial charge in [-0.2, -0.15) is 5.10 Å². The van der Waals surface area contributed by atoms with Crippen LogP contribution in [0.25, 0.3) is 5.69 Å². The number of nitrogens with one attached hydrogen (secondary N) is 1. The Morgan fingerprint density at radius 3 is 2.48 bits per heavy atom. The van der Waals surface area contributed by atoms with Gasteiger partial charge in [0.1, 0.15) is 0 Å². The molecule has 0 radical (unpaired) electrons. The zero-order valence-electron chi connectivity index (χ0n) is 16.7. The number of hydrazone groups is 1. The van der Waals surface area contributed by atoms with Crippen molar-refractivity contribution < 1.29 is 14.3 Å². The molecule has 0 saturated carbocycles. The molecule has 6 heteroatoms. The van der Waals surface area contributed by atoms with E-state index in [1.807, 2.05) is 66.9 Å². The highest BCUT2D eigenvalue weighted by molar-refractivity contribution is 5.94. The number of hydrogen-bond donors (Lipinski definition) is 1. The summed E-state index contributed by atoms with van der Waals surface area (Å²) in [5.41, 5.74) is 7.40. The second-order valence-electron chi connectivity index (χ2n) is 6.63. The molecule has 1 N–H and O–H groups in total. The number of carbonyl (C=O) groups excluding carboxylic acids is 2. The van der Waals surface area contributed by atoms with Crippen LogP contribution in [-0.2, 0) is 16.0 Å². The van der Waals surface area contributed by atoms with E-state index in [1.165, 1.54) is 7.11 Å². The average molecular weight is 389 g/mol. The number of hydrogen-bond acceptors (Lipinski definition) is 4. The fraction of sp³-hybridized carbons (Fsp3) is 0.174. The van der Waals surface area contributed by atoms with Gasteiger partial charge in [0.05, 0.1) is 31.0 Å². The van der Waals surface area contributed by atoms with Crippen molar-refractivity contribution in [2.45, 2.75) is 20.3 Å². The van der Waals surface area contributed by atoms with Gasteiger partial charge in [-0.3, -0.25) is 4.79 Å². The molecule has 1 amide bonds. The molecule has 148 valence electrons. The van der Waals surface area contributed by atoms with Crippen LogP contribution in [0.5, 0.6) is 0 Å².